The Morgan fingerprint density at radius 2 is 1.90 bits per heavy atom. The first kappa shape index (κ1) is 20.9. The van der Waals surface area contributed by atoms with Gasteiger partial charge in [0.1, 0.15) is 0 Å². The minimum Gasteiger partial charge on any atom is -0.376 e. The quantitative estimate of drug-likeness (QED) is 0.703. The van der Waals surface area contributed by atoms with E-state index in [1.165, 1.54) is 0 Å². The highest BCUT2D eigenvalue weighted by Gasteiger charge is 2.46. The lowest BCUT2D eigenvalue weighted by Gasteiger charge is -2.42. The van der Waals surface area contributed by atoms with Gasteiger partial charge >= 0.3 is 0 Å². The Hall–Kier alpha value is -2.37. The number of nitrogens with one attached hydrogen (secondary N) is 2. The molecule has 2 atom stereocenters. The molecular weight excluding hydrogens is 400 g/mol. The maximum absolute atomic E-state index is 13.1. The molecule has 0 spiro atoms. The van der Waals surface area contributed by atoms with Crippen LogP contribution in [0.5, 0.6) is 0 Å². The van der Waals surface area contributed by atoms with Crippen molar-refractivity contribution < 1.29 is 14.3 Å². The molecule has 2 fully saturated rings. The summed E-state index contributed by atoms with van der Waals surface area (Å²) < 4.78 is 5.72. The van der Waals surface area contributed by atoms with E-state index in [4.69, 9.17) is 16.3 Å². The first-order valence-corrected chi connectivity index (χ1v) is 11.0. The van der Waals surface area contributed by atoms with Gasteiger partial charge in [0.05, 0.1) is 17.6 Å². The number of hydrogen-bond acceptors (Lipinski definition) is 3. The molecule has 1 heterocycles. The molecule has 1 saturated heterocycles. The Kier molecular flexibility index (Phi) is 6.11. The van der Waals surface area contributed by atoms with Gasteiger partial charge in [-0.2, -0.15) is 0 Å². The van der Waals surface area contributed by atoms with E-state index >= 15 is 0 Å². The lowest BCUT2D eigenvalue weighted by Crippen LogP contribution is -2.53. The molecule has 4 rings (SSSR count). The van der Waals surface area contributed by atoms with Crippen LogP contribution in [0.1, 0.15) is 54.9 Å². The summed E-state index contributed by atoms with van der Waals surface area (Å²) in [6.45, 7) is 2.80. The molecule has 5 nitrogen and oxygen atoms in total. The highest BCUT2D eigenvalue weighted by molar-refractivity contribution is 6.31. The van der Waals surface area contributed by atoms with Gasteiger partial charge in [-0.25, -0.2) is 0 Å². The number of amides is 2. The van der Waals surface area contributed by atoms with Crippen molar-refractivity contribution in [3.63, 3.8) is 0 Å². The van der Waals surface area contributed by atoms with Gasteiger partial charge in [-0.05, 0) is 68.5 Å². The van der Waals surface area contributed by atoms with E-state index in [0.717, 1.165) is 44.3 Å². The molecule has 1 aliphatic heterocycles. The van der Waals surface area contributed by atoms with Gasteiger partial charge in [0.25, 0.3) is 5.91 Å². The van der Waals surface area contributed by atoms with E-state index in [1.807, 2.05) is 31.2 Å². The summed E-state index contributed by atoms with van der Waals surface area (Å²) >= 11 is 5.97. The second kappa shape index (κ2) is 8.78. The average Bonchev–Trinajstić information content (AvgIpc) is 3.23. The van der Waals surface area contributed by atoms with Crippen molar-refractivity contribution in [3.05, 3.63) is 64.7 Å². The SMILES string of the molecule is CC(NC(=O)C1(c2ccc(NC(=O)c3cccc(Cl)c3)cc2)CCC1)C1CCCO1. The molecule has 1 aliphatic carbocycles. The Bertz CT molecular complexity index is 918. The van der Waals surface area contributed by atoms with Crippen LogP contribution in [0.2, 0.25) is 5.02 Å². The van der Waals surface area contributed by atoms with Gasteiger partial charge in [-0.15, -0.1) is 0 Å². The minimum absolute atomic E-state index is 0.00809. The molecule has 2 aromatic carbocycles. The van der Waals surface area contributed by atoms with Gasteiger partial charge in [-0.3, -0.25) is 9.59 Å². The molecule has 6 heteroatoms. The Labute approximate surface area is 182 Å². The zero-order valence-electron chi connectivity index (χ0n) is 17.1. The van der Waals surface area contributed by atoms with E-state index in [2.05, 4.69) is 10.6 Å². The van der Waals surface area contributed by atoms with Crippen LogP contribution in [-0.2, 0) is 14.9 Å². The number of rotatable bonds is 6. The van der Waals surface area contributed by atoms with Gasteiger partial charge in [0.2, 0.25) is 5.91 Å². The van der Waals surface area contributed by atoms with Gasteiger partial charge in [0.15, 0.2) is 0 Å². The fraction of sp³-hybridized carbons (Fsp3) is 0.417. The molecule has 2 N–H and O–H groups in total. The van der Waals surface area contributed by atoms with Crippen molar-refractivity contribution in [2.75, 3.05) is 11.9 Å². The van der Waals surface area contributed by atoms with Crippen molar-refractivity contribution in [2.45, 2.75) is 56.6 Å². The summed E-state index contributed by atoms with van der Waals surface area (Å²) in [4.78, 5) is 25.6. The predicted molar refractivity (Wildman–Crippen MR) is 118 cm³/mol. The lowest BCUT2D eigenvalue weighted by atomic mass is 9.63. The van der Waals surface area contributed by atoms with Crippen LogP contribution in [0.15, 0.2) is 48.5 Å². The number of hydrogen-bond donors (Lipinski definition) is 2. The van der Waals surface area contributed by atoms with Crippen LogP contribution in [-0.4, -0.2) is 30.6 Å². The number of carbonyl (C=O) groups is 2. The molecule has 1 saturated carbocycles. The van der Waals surface area contributed by atoms with Gasteiger partial charge < -0.3 is 15.4 Å². The monoisotopic (exact) mass is 426 g/mol. The number of benzene rings is 2. The number of halogens is 1. The van der Waals surface area contributed by atoms with E-state index in [-0.39, 0.29) is 24.0 Å². The number of anilines is 1. The van der Waals surface area contributed by atoms with Crippen LogP contribution >= 0.6 is 11.6 Å². The summed E-state index contributed by atoms with van der Waals surface area (Å²) in [6, 6.07) is 14.4. The third kappa shape index (κ3) is 4.23. The van der Waals surface area contributed by atoms with Crippen LogP contribution < -0.4 is 10.6 Å². The molecular formula is C24H27ClN2O3. The van der Waals surface area contributed by atoms with Crippen molar-refractivity contribution in [1.29, 1.82) is 0 Å². The second-order valence-corrected chi connectivity index (χ2v) is 8.73. The fourth-order valence-electron chi connectivity index (χ4n) is 4.32. The smallest absolute Gasteiger partial charge is 0.255 e. The van der Waals surface area contributed by atoms with Crippen LogP contribution in [0.3, 0.4) is 0 Å². The average molecular weight is 427 g/mol. The standard InChI is InChI=1S/C24H27ClN2O3/c1-16(21-7-3-14-30-21)26-23(29)24(12-4-13-24)18-8-10-20(11-9-18)27-22(28)17-5-2-6-19(25)15-17/h2,5-6,8-11,15-16,21H,3-4,7,12-14H2,1H3,(H,26,29)(H,27,28). The zero-order chi connectivity index (χ0) is 21.1. The molecule has 2 unspecified atom stereocenters. The first-order chi connectivity index (χ1) is 14.5. The third-order valence-electron chi connectivity index (χ3n) is 6.31. The van der Waals surface area contributed by atoms with Crippen LogP contribution in [0, 0.1) is 0 Å². The minimum atomic E-state index is -0.484. The van der Waals surface area contributed by atoms with Gasteiger partial charge in [-0.1, -0.05) is 36.2 Å². The van der Waals surface area contributed by atoms with Crippen LogP contribution in [0.4, 0.5) is 5.69 Å². The van der Waals surface area contributed by atoms with Gasteiger partial charge in [0, 0.05) is 22.9 Å². The highest BCUT2D eigenvalue weighted by Crippen LogP contribution is 2.44. The Morgan fingerprint density at radius 1 is 1.13 bits per heavy atom. The highest BCUT2D eigenvalue weighted by atomic mass is 35.5. The summed E-state index contributed by atoms with van der Waals surface area (Å²) in [5, 5.41) is 6.60. The molecule has 2 aromatic rings. The Balaban J connectivity index is 1.43. The summed E-state index contributed by atoms with van der Waals surface area (Å²) in [5.74, 6) is -0.140. The van der Waals surface area contributed by atoms with Crippen molar-refractivity contribution in [2.24, 2.45) is 0 Å². The van der Waals surface area contributed by atoms with E-state index in [9.17, 15) is 9.59 Å². The topological polar surface area (TPSA) is 67.4 Å². The normalized spacial score (nSPS) is 20.8. The molecule has 0 radical (unpaired) electrons. The predicted octanol–water partition coefficient (Wildman–Crippen LogP) is 4.70. The molecule has 158 valence electrons. The Morgan fingerprint density at radius 3 is 2.50 bits per heavy atom. The van der Waals surface area contributed by atoms with E-state index in [0.29, 0.717) is 16.3 Å². The van der Waals surface area contributed by atoms with Crippen LogP contribution in [0.25, 0.3) is 0 Å². The maximum atomic E-state index is 13.1. The summed E-state index contributed by atoms with van der Waals surface area (Å²) in [5.41, 5.74) is 1.70. The fourth-order valence-corrected chi connectivity index (χ4v) is 4.51. The maximum Gasteiger partial charge on any atom is 0.255 e. The van der Waals surface area contributed by atoms with Crippen molar-refractivity contribution in [1.82, 2.24) is 5.32 Å². The molecule has 0 aromatic heterocycles. The third-order valence-corrected chi connectivity index (χ3v) is 6.54. The van der Waals surface area contributed by atoms with Crippen molar-refractivity contribution in [3.8, 4) is 0 Å². The largest absolute Gasteiger partial charge is 0.376 e. The van der Waals surface area contributed by atoms with E-state index in [1.54, 1.807) is 24.3 Å². The van der Waals surface area contributed by atoms with Crippen molar-refractivity contribution >= 4 is 29.1 Å². The second-order valence-electron chi connectivity index (χ2n) is 8.29. The molecule has 2 aliphatic rings. The molecule has 0 bridgehead atoms. The number of carbonyl (C=O) groups excluding carboxylic acids is 2. The summed E-state index contributed by atoms with van der Waals surface area (Å²) in [6.07, 6.45) is 4.87. The molecule has 2 amide bonds. The lowest BCUT2D eigenvalue weighted by molar-refractivity contribution is -0.131. The summed E-state index contributed by atoms with van der Waals surface area (Å²) in [7, 11) is 0. The van der Waals surface area contributed by atoms with E-state index < -0.39 is 5.41 Å². The first-order valence-electron chi connectivity index (χ1n) is 10.6. The number of ether oxygens (including phenoxy) is 1. The molecule has 30 heavy (non-hydrogen) atoms. The zero-order valence-corrected chi connectivity index (χ0v) is 17.9.